The summed E-state index contributed by atoms with van der Waals surface area (Å²) in [6.07, 6.45) is -4.16. The molecule has 0 unspecified atom stereocenters. The minimum atomic E-state index is -4.53. The summed E-state index contributed by atoms with van der Waals surface area (Å²) in [4.78, 5) is 11.5. The van der Waals surface area contributed by atoms with Gasteiger partial charge < -0.3 is 5.11 Å². The molecular formula is C11H10ClF3O2. The van der Waals surface area contributed by atoms with Crippen molar-refractivity contribution in [1.82, 2.24) is 0 Å². The van der Waals surface area contributed by atoms with Gasteiger partial charge in [-0.05, 0) is 24.6 Å². The summed E-state index contributed by atoms with van der Waals surface area (Å²) < 4.78 is 37.2. The van der Waals surface area contributed by atoms with E-state index < -0.39 is 23.3 Å². The topological polar surface area (TPSA) is 37.3 Å². The van der Waals surface area contributed by atoms with E-state index in [2.05, 4.69) is 0 Å². The molecule has 0 aromatic heterocycles. The van der Waals surface area contributed by atoms with Gasteiger partial charge in [0, 0.05) is 12.3 Å². The first-order chi connectivity index (χ1) is 7.86. The largest absolute Gasteiger partial charge is 0.507 e. The second-order valence-corrected chi connectivity index (χ2v) is 3.82. The van der Waals surface area contributed by atoms with Gasteiger partial charge in [0.05, 0.1) is 11.1 Å². The first kappa shape index (κ1) is 13.8. The van der Waals surface area contributed by atoms with E-state index in [0.717, 1.165) is 12.1 Å². The highest BCUT2D eigenvalue weighted by molar-refractivity contribution is 6.18. The molecule has 0 aliphatic heterocycles. The number of halogens is 4. The van der Waals surface area contributed by atoms with Crippen molar-refractivity contribution in [3.05, 3.63) is 29.3 Å². The Balaban J connectivity index is 3.02. The van der Waals surface area contributed by atoms with Gasteiger partial charge in [0.1, 0.15) is 5.75 Å². The summed E-state index contributed by atoms with van der Waals surface area (Å²) in [6, 6.07) is 2.26. The van der Waals surface area contributed by atoms with Crippen molar-refractivity contribution in [1.29, 1.82) is 0 Å². The van der Waals surface area contributed by atoms with E-state index in [0.29, 0.717) is 12.5 Å². The van der Waals surface area contributed by atoms with Crippen molar-refractivity contribution < 1.29 is 23.1 Å². The highest BCUT2D eigenvalue weighted by Crippen LogP contribution is 2.32. The molecule has 2 nitrogen and oxygen atoms in total. The van der Waals surface area contributed by atoms with Crippen LogP contribution in [0.3, 0.4) is 0 Å². The van der Waals surface area contributed by atoms with Crippen LogP contribution in [0.15, 0.2) is 18.2 Å². The highest BCUT2D eigenvalue weighted by Gasteiger charge is 2.31. The van der Waals surface area contributed by atoms with Crippen LogP contribution in [-0.2, 0) is 6.18 Å². The molecule has 94 valence electrons. The molecule has 1 N–H and O–H groups in total. The van der Waals surface area contributed by atoms with Crippen LogP contribution >= 0.6 is 11.6 Å². The molecule has 1 aromatic carbocycles. The molecule has 0 bridgehead atoms. The Bertz CT molecular complexity index is 416. The maximum Gasteiger partial charge on any atom is 0.416 e. The number of rotatable bonds is 4. The molecule has 0 aliphatic carbocycles. The first-order valence-electron chi connectivity index (χ1n) is 4.85. The Morgan fingerprint density at radius 2 is 2.00 bits per heavy atom. The summed E-state index contributed by atoms with van der Waals surface area (Å²) in [5.41, 5.74) is -1.27. The van der Waals surface area contributed by atoms with Crippen LogP contribution in [0.2, 0.25) is 0 Å². The Morgan fingerprint density at radius 1 is 1.35 bits per heavy atom. The van der Waals surface area contributed by atoms with Gasteiger partial charge in [-0.2, -0.15) is 13.2 Å². The van der Waals surface area contributed by atoms with Crippen molar-refractivity contribution in [2.24, 2.45) is 0 Å². The van der Waals surface area contributed by atoms with Gasteiger partial charge in [0.2, 0.25) is 0 Å². The predicted octanol–water partition coefficient (Wildman–Crippen LogP) is 3.61. The third-order valence-electron chi connectivity index (χ3n) is 2.16. The number of phenolic OH excluding ortho intramolecular Hbond substituents is 1. The van der Waals surface area contributed by atoms with Gasteiger partial charge in [0.25, 0.3) is 0 Å². The molecule has 0 atom stereocenters. The predicted molar refractivity (Wildman–Crippen MR) is 57.4 cm³/mol. The van der Waals surface area contributed by atoms with Crippen molar-refractivity contribution in [3.8, 4) is 5.75 Å². The number of hydrogen-bond donors (Lipinski definition) is 1. The molecule has 0 fully saturated rings. The van der Waals surface area contributed by atoms with Gasteiger partial charge in [-0.1, -0.05) is 0 Å². The number of hydrogen-bond acceptors (Lipinski definition) is 2. The van der Waals surface area contributed by atoms with Crippen LogP contribution in [0.1, 0.15) is 28.8 Å². The zero-order valence-corrected chi connectivity index (χ0v) is 9.48. The number of phenols is 1. The summed E-state index contributed by atoms with van der Waals surface area (Å²) in [5, 5.41) is 9.35. The number of benzene rings is 1. The average Bonchev–Trinajstić information content (AvgIpc) is 2.24. The quantitative estimate of drug-likeness (QED) is 0.668. The monoisotopic (exact) mass is 266 g/mol. The second kappa shape index (κ2) is 5.40. The second-order valence-electron chi connectivity index (χ2n) is 3.45. The van der Waals surface area contributed by atoms with E-state index in [4.69, 9.17) is 11.6 Å². The standard InChI is InChI=1S/C11H10ClF3O2/c12-5-1-2-9(16)8-6-7(11(13,14)15)3-4-10(8)17/h3-4,6,17H,1-2,5H2. The minimum Gasteiger partial charge on any atom is -0.507 e. The zero-order chi connectivity index (χ0) is 13.1. The molecular weight excluding hydrogens is 257 g/mol. The lowest BCUT2D eigenvalue weighted by atomic mass is 10.0. The van der Waals surface area contributed by atoms with Crippen molar-refractivity contribution in [2.45, 2.75) is 19.0 Å². The van der Waals surface area contributed by atoms with Crippen molar-refractivity contribution in [3.63, 3.8) is 0 Å². The van der Waals surface area contributed by atoms with Crippen LogP contribution in [0.5, 0.6) is 5.75 Å². The lowest BCUT2D eigenvalue weighted by molar-refractivity contribution is -0.137. The van der Waals surface area contributed by atoms with Gasteiger partial charge >= 0.3 is 6.18 Å². The Kier molecular flexibility index (Phi) is 4.40. The Labute approximate surface area is 101 Å². The van der Waals surface area contributed by atoms with E-state index in [1.165, 1.54) is 0 Å². The Hall–Kier alpha value is -1.23. The minimum absolute atomic E-state index is 0.0123. The fraction of sp³-hybridized carbons (Fsp3) is 0.364. The highest BCUT2D eigenvalue weighted by atomic mass is 35.5. The van der Waals surface area contributed by atoms with Crippen LogP contribution in [0.25, 0.3) is 0 Å². The lowest BCUT2D eigenvalue weighted by Crippen LogP contribution is -2.08. The smallest absolute Gasteiger partial charge is 0.416 e. The SMILES string of the molecule is O=C(CCCCl)c1cc(C(F)(F)F)ccc1O. The maximum absolute atomic E-state index is 12.4. The van der Waals surface area contributed by atoms with E-state index in [-0.39, 0.29) is 17.9 Å². The summed E-state index contributed by atoms with van der Waals surface area (Å²) in [5.74, 6) is -0.752. The number of alkyl halides is 4. The molecule has 17 heavy (non-hydrogen) atoms. The zero-order valence-electron chi connectivity index (χ0n) is 8.72. The normalized spacial score (nSPS) is 11.5. The molecule has 6 heteroatoms. The third-order valence-corrected chi connectivity index (χ3v) is 2.43. The molecule has 0 radical (unpaired) electrons. The van der Waals surface area contributed by atoms with Crippen LogP contribution < -0.4 is 0 Å². The van der Waals surface area contributed by atoms with Gasteiger partial charge in [-0.25, -0.2) is 0 Å². The molecule has 0 aliphatic rings. The Morgan fingerprint density at radius 3 is 2.53 bits per heavy atom. The van der Waals surface area contributed by atoms with E-state index in [9.17, 15) is 23.1 Å². The van der Waals surface area contributed by atoms with Gasteiger partial charge in [-0.3, -0.25) is 4.79 Å². The summed E-state index contributed by atoms with van der Waals surface area (Å²) in [6.45, 7) is 0. The molecule has 1 aromatic rings. The number of ketones is 1. The third kappa shape index (κ3) is 3.63. The molecule has 0 heterocycles. The van der Waals surface area contributed by atoms with E-state index in [1.54, 1.807) is 0 Å². The molecule has 0 amide bonds. The van der Waals surface area contributed by atoms with Gasteiger partial charge in [0.15, 0.2) is 5.78 Å². The van der Waals surface area contributed by atoms with E-state index >= 15 is 0 Å². The van der Waals surface area contributed by atoms with Gasteiger partial charge in [-0.15, -0.1) is 11.6 Å². The van der Waals surface area contributed by atoms with Crippen molar-refractivity contribution >= 4 is 17.4 Å². The average molecular weight is 267 g/mol. The van der Waals surface area contributed by atoms with Crippen LogP contribution in [0, 0.1) is 0 Å². The maximum atomic E-state index is 12.4. The van der Waals surface area contributed by atoms with Crippen LogP contribution in [-0.4, -0.2) is 16.8 Å². The molecule has 0 spiro atoms. The first-order valence-corrected chi connectivity index (χ1v) is 5.39. The number of aromatic hydroxyl groups is 1. The number of Topliss-reactive ketones (excluding diaryl/α,β-unsaturated/α-hetero) is 1. The number of carbonyl (C=O) groups is 1. The fourth-order valence-corrected chi connectivity index (χ4v) is 1.43. The fourth-order valence-electron chi connectivity index (χ4n) is 1.30. The summed E-state index contributed by atoms with van der Waals surface area (Å²) >= 11 is 5.38. The molecule has 1 rings (SSSR count). The van der Waals surface area contributed by atoms with Crippen LogP contribution in [0.4, 0.5) is 13.2 Å². The molecule has 0 saturated heterocycles. The van der Waals surface area contributed by atoms with Crippen molar-refractivity contribution in [2.75, 3.05) is 5.88 Å². The summed E-state index contributed by atoms with van der Waals surface area (Å²) in [7, 11) is 0. The lowest BCUT2D eigenvalue weighted by Gasteiger charge is -2.09. The molecule has 0 saturated carbocycles. The van der Waals surface area contributed by atoms with E-state index in [1.807, 2.05) is 0 Å². The number of carbonyl (C=O) groups excluding carboxylic acids is 1.